The number of aliphatic hydroxyl groups excluding tert-OH is 1. The molecule has 0 amide bonds. The number of carboxylic acid groups (broad SMARTS) is 1. The van der Waals surface area contributed by atoms with Gasteiger partial charge in [0.15, 0.2) is 18.1 Å². The molecule has 0 aliphatic heterocycles. The minimum atomic E-state index is -1.08. The number of rotatable bonds is 9. The Balaban J connectivity index is 2.05. The van der Waals surface area contributed by atoms with E-state index in [1.165, 1.54) is 20.3 Å². The number of carboxylic acids is 1. The quantitative estimate of drug-likeness (QED) is 0.712. The second-order valence-corrected chi connectivity index (χ2v) is 5.61. The number of halogens is 1. The molecule has 0 saturated carbocycles. The second kappa shape index (κ2) is 9.05. The van der Waals surface area contributed by atoms with Crippen LogP contribution in [-0.4, -0.2) is 37.0 Å². The van der Waals surface area contributed by atoms with Crippen molar-refractivity contribution < 1.29 is 33.6 Å². The number of methoxy groups -OCH3 is 2. The van der Waals surface area contributed by atoms with Crippen LogP contribution in [0.15, 0.2) is 36.4 Å². The van der Waals surface area contributed by atoms with E-state index >= 15 is 0 Å². The Labute approximate surface area is 150 Å². The Hall–Kier alpha value is -2.80. The lowest BCUT2D eigenvalue weighted by molar-refractivity contribution is -0.139. The van der Waals surface area contributed by atoms with Crippen molar-refractivity contribution in [3.63, 3.8) is 0 Å². The number of benzene rings is 2. The molecular weight excluding hydrogens is 343 g/mol. The maximum atomic E-state index is 14.2. The molecule has 7 heteroatoms. The van der Waals surface area contributed by atoms with Gasteiger partial charge in [-0.15, -0.1) is 0 Å². The number of aliphatic carboxylic acids is 1. The van der Waals surface area contributed by atoms with Gasteiger partial charge in [0, 0.05) is 6.07 Å². The first-order valence-corrected chi connectivity index (χ1v) is 7.97. The third kappa shape index (κ3) is 5.10. The van der Waals surface area contributed by atoms with Gasteiger partial charge >= 0.3 is 5.97 Å². The van der Waals surface area contributed by atoms with E-state index < -0.39 is 24.5 Å². The van der Waals surface area contributed by atoms with Gasteiger partial charge in [0.2, 0.25) is 0 Å². The van der Waals surface area contributed by atoms with Crippen molar-refractivity contribution in [2.24, 2.45) is 0 Å². The number of aliphatic hydroxyl groups is 1. The number of hydrogen-bond acceptors (Lipinski definition) is 5. The van der Waals surface area contributed by atoms with Crippen LogP contribution in [0.5, 0.6) is 17.2 Å². The summed E-state index contributed by atoms with van der Waals surface area (Å²) in [6.07, 6.45) is -0.293. The smallest absolute Gasteiger partial charge is 0.341 e. The molecule has 0 radical (unpaired) electrons. The molecule has 0 aliphatic carbocycles. The molecule has 0 bridgehead atoms. The Morgan fingerprint density at radius 2 is 1.85 bits per heavy atom. The molecule has 0 saturated heterocycles. The average molecular weight is 364 g/mol. The Bertz CT molecular complexity index is 762. The van der Waals surface area contributed by atoms with Gasteiger partial charge in [-0.25, -0.2) is 9.18 Å². The zero-order valence-electron chi connectivity index (χ0n) is 14.6. The first-order valence-electron chi connectivity index (χ1n) is 7.97. The minimum Gasteiger partial charge on any atom is -0.493 e. The van der Waals surface area contributed by atoms with Crippen LogP contribution in [-0.2, 0) is 11.2 Å². The standard InChI is InChI=1S/C19H21FO6/c1-24-17-9-12(15(20)10-18(17)25-2)6-7-16(21)13-4-3-5-14(8-13)26-11-19(22)23/h3-5,8-10,16,21H,6-7,11H2,1-2H3,(H,22,23). The van der Waals surface area contributed by atoms with Crippen molar-refractivity contribution in [2.75, 3.05) is 20.8 Å². The fourth-order valence-electron chi connectivity index (χ4n) is 2.50. The van der Waals surface area contributed by atoms with Crippen molar-refractivity contribution in [2.45, 2.75) is 18.9 Å². The summed E-state index contributed by atoms with van der Waals surface area (Å²) in [5.41, 5.74) is 0.966. The van der Waals surface area contributed by atoms with Gasteiger partial charge in [-0.2, -0.15) is 0 Å². The minimum absolute atomic E-state index is 0.273. The summed E-state index contributed by atoms with van der Waals surface area (Å²) in [6.45, 7) is -0.462. The van der Waals surface area contributed by atoms with E-state index in [-0.39, 0.29) is 12.8 Å². The third-order valence-corrected chi connectivity index (χ3v) is 3.84. The highest BCUT2D eigenvalue weighted by Gasteiger charge is 2.14. The molecule has 0 aliphatic rings. The molecule has 2 rings (SSSR count). The summed E-state index contributed by atoms with van der Waals surface area (Å²) in [5, 5.41) is 19.0. The number of ether oxygens (including phenoxy) is 3. The Morgan fingerprint density at radius 3 is 2.50 bits per heavy atom. The van der Waals surface area contributed by atoms with Crippen LogP contribution in [0.4, 0.5) is 4.39 Å². The second-order valence-electron chi connectivity index (χ2n) is 5.61. The van der Waals surface area contributed by atoms with Crippen LogP contribution in [0.3, 0.4) is 0 Å². The van der Waals surface area contributed by atoms with E-state index in [0.717, 1.165) is 0 Å². The highest BCUT2D eigenvalue weighted by Crippen LogP contribution is 2.31. The van der Waals surface area contributed by atoms with E-state index in [0.29, 0.717) is 28.4 Å². The number of hydrogen-bond donors (Lipinski definition) is 2. The van der Waals surface area contributed by atoms with Crippen molar-refractivity contribution in [1.29, 1.82) is 0 Å². The maximum absolute atomic E-state index is 14.2. The molecule has 0 aromatic heterocycles. The van der Waals surface area contributed by atoms with Crippen molar-refractivity contribution in [3.8, 4) is 17.2 Å². The van der Waals surface area contributed by atoms with E-state index in [4.69, 9.17) is 19.3 Å². The summed E-state index contributed by atoms with van der Waals surface area (Å²) in [5.74, 6) is -0.449. The lowest BCUT2D eigenvalue weighted by Gasteiger charge is -2.14. The third-order valence-electron chi connectivity index (χ3n) is 3.84. The van der Waals surface area contributed by atoms with Gasteiger partial charge in [-0.3, -0.25) is 0 Å². The highest BCUT2D eigenvalue weighted by atomic mass is 19.1. The Kier molecular flexibility index (Phi) is 6.80. The summed E-state index contributed by atoms with van der Waals surface area (Å²) in [4.78, 5) is 10.6. The van der Waals surface area contributed by atoms with Crippen LogP contribution >= 0.6 is 0 Å². The summed E-state index contributed by atoms with van der Waals surface area (Å²) < 4.78 is 29.5. The summed E-state index contributed by atoms with van der Waals surface area (Å²) in [6, 6.07) is 9.33. The maximum Gasteiger partial charge on any atom is 0.341 e. The molecule has 2 N–H and O–H groups in total. The fourth-order valence-corrected chi connectivity index (χ4v) is 2.50. The SMILES string of the molecule is COc1cc(F)c(CCC(O)c2cccc(OCC(=O)O)c2)cc1OC. The van der Waals surface area contributed by atoms with Crippen molar-refractivity contribution in [1.82, 2.24) is 0 Å². The predicted octanol–water partition coefficient (Wildman–Crippen LogP) is 2.97. The summed E-state index contributed by atoms with van der Waals surface area (Å²) >= 11 is 0. The molecule has 0 spiro atoms. The van der Waals surface area contributed by atoms with Gasteiger partial charge in [-0.05, 0) is 42.2 Å². The van der Waals surface area contributed by atoms with Crippen LogP contribution in [0.2, 0.25) is 0 Å². The highest BCUT2D eigenvalue weighted by molar-refractivity contribution is 5.68. The lowest BCUT2D eigenvalue weighted by atomic mass is 10.0. The predicted molar refractivity (Wildman–Crippen MR) is 92.4 cm³/mol. The molecule has 1 unspecified atom stereocenters. The molecule has 2 aromatic carbocycles. The van der Waals surface area contributed by atoms with Crippen LogP contribution in [0, 0.1) is 5.82 Å². The molecular formula is C19H21FO6. The van der Waals surface area contributed by atoms with Crippen molar-refractivity contribution >= 4 is 5.97 Å². The van der Waals surface area contributed by atoms with Crippen LogP contribution in [0.25, 0.3) is 0 Å². The molecule has 1 atom stereocenters. The fraction of sp³-hybridized carbons (Fsp3) is 0.316. The van der Waals surface area contributed by atoms with Crippen molar-refractivity contribution in [3.05, 3.63) is 53.3 Å². The largest absolute Gasteiger partial charge is 0.493 e. The van der Waals surface area contributed by atoms with Crippen LogP contribution in [0.1, 0.15) is 23.7 Å². The molecule has 26 heavy (non-hydrogen) atoms. The van der Waals surface area contributed by atoms with Gasteiger partial charge in [0.25, 0.3) is 0 Å². The Morgan fingerprint density at radius 1 is 1.15 bits per heavy atom. The summed E-state index contributed by atoms with van der Waals surface area (Å²) in [7, 11) is 2.90. The van der Waals surface area contributed by atoms with Gasteiger partial charge in [0.05, 0.1) is 20.3 Å². The first-order chi connectivity index (χ1) is 12.4. The van der Waals surface area contributed by atoms with E-state index in [2.05, 4.69) is 0 Å². The molecule has 0 fully saturated rings. The monoisotopic (exact) mass is 364 g/mol. The molecule has 2 aromatic rings. The van der Waals surface area contributed by atoms with Gasteiger partial charge in [0.1, 0.15) is 11.6 Å². The molecule has 6 nitrogen and oxygen atoms in total. The zero-order valence-corrected chi connectivity index (χ0v) is 14.6. The molecule has 140 valence electrons. The average Bonchev–Trinajstić information content (AvgIpc) is 2.65. The topological polar surface area (TPSA) is 85.2 Å². The number of carbonyl (C=O) groups is 1. The normalized spacial score (nSPS) is 11.7. The van der Waals surface area contributed by atoms with Crippen LogP contribution < -0.4 is 14.2 Å². The van der Waals surface area contributed by atoms with E-state index in [1.807, 2.05) is 0 Å². The lowest BCUT2D eigenvalue weighted by Crippen LogP contribution is -2.09. The van der Waals surface area contributed by atoms with E-state index in [1.54, 1.807) is 30.3 Å². The molecule has 0 heterocycles. The first kappa shape index (κ1) is 19.5. The number of aryl methyl sites for hydroxylation is 1. The van der Waals surface area contributed by atoms with Gasteiger partial charge in [-0.1, -0.05) is 12.1 Å². The zero-order chi connectivity index (χ0) is 19.1. The van der Waals surface area contributed by atoms with E-state index in [9.17, 15) is 14.3 Å². The van der Waals surface area contributed by atoms with Gasteiger partial charge < -0.3 is 24.4 Å².